The first kappa shape index (κ1) is 1.93. The molecule has 0 aliphatic heterocycles. The molecule has 0 N–H and O–H groups in total. The van der Waals surface area contributed by atoms with Crippen molar-refractivity contribution >= 4 is 0 Å². The zero-order valence-corrected chi connectivity index (χ0v) is 5.89. The van der Waals surface area contributed by atoms with Gasteiger partial charge in [-0.05, 0) is 18.3 Å². The Morgan fingerprint density at radius 3 is 2.82 bits per heavy atom. The largest absolute Gasteiger partial charge is 0.0654 e. The minimum Gasteiger partial charge on any atom is -0.0654 e. The highest BCUT2D eigenvalue weighted by atomic mass is 13.9. The second-order valence-electron chi connectivity index (χ2n) is 1.87. The first-order chi connectivity index (χ1) is 9.61. The highest BCUT2D eigenvalue weighted by Crippen LogP contribution is 2.05. The van der Waals surface area contributed by atoms with Crippen LogP contribution in [0.3, 0.4) is 0 Å². The second-order valence-corrected chi connectivity index (χ2v) is 1.87. The van der Waals surface area contributed by atoms with Crippen molar-refractivity contribution in [2.45, 2.75) is 32.3 Å². The molecule has 0 aliphatic carbocycles. The summed E-state index contributed by atoms with van der Waals surface area (Å²) < 4.78 is 83.2. The van der Waals surface area contributed by atoms with Gasteiger partial charge in [0.25, 0.3) is 0 Å². The summed E-state index contributed by atoms with van der Waals surface area (Å²) in [7, 11) is 0. The quantitative estimate of drug-likeness (QED) is 0.631. The van der Waals surface area contributed by atoms with E-state index in [2.05, 4.69) is 0 Å². The first-order valence-electron chi connectivity index (χ1n) is 8.66. The Morgan fingerprint density at radius 2 is 2.09 bits per heavy atom. The van der Waals surface area contributed by atoms with Gasteiger partial charge in [-0.25, -0.2) is 0 Å². The Labute approximate surface area is 84.7 Å². The first-order valence-corrected chi connectivity index (χ1v) is 3.16. The van der Waals surface area contributed by atoms with E-state index >= 15 is 0 Å². The predicted octanol–water partition coefficient (Wildman–Crippen LogP) is 3.42. The summed E-state index contributed by atoms with van der Waals surface area (Å²) in [4.78, 5) is 0. The molecule has 1 aromatic rings. The SMILES string of the molecule is [2H]C([2H])([2H])C([2H])([2H])C([2H])([2H])C([2H])([2H])C([2H])([2H])c1ccccc1. The molecule has 0 radical (unpaired) electrons. The third kappa shape index (κ3) is 3.22. The lowest BCUT2D eigenvalue weighted by Crippen LogP contribution is -1.83. The van der Waals surface area contributed by atoms with E-state index < -0.39 is 32.3 Å². The van der Waals surface area contributed by atoms with E-state index in [1.807, 2.05) is 0 Å². The molecule has 0 aliphatic rings. The smallest absolute Gasteiger partial charge is 0.0316 e. The zero-order valence-electron chi connectivity index (χ0n) is 16.9. The Hall–Kier alpha value is -0.780. The van der Waals surface area contributed by atoms with Crippen molar-refractivity contribution in [2.24, 2.45) is 0 Å². The van der Waals surface area contributed by atoms with Crippen LogP contribution in [0, 0.1) is 0 Å². The molecule has 0 aromatic heterocycles. The standard InChI is InChI=1S/C11H16/c1-2-3-5-8-11-9-6-4-7-10-11/h4,6-7,9-10H,2-3,5,8H2,1H3/i1D3,2D2,3D2,5D2,8D2. The van der Waals surface area contributed by atoms with Crippen molar-refractivity contribution in [2.75, 3.05) is 0 Å². The minimum absolute atomic E-state index is 0.204. The average Bonchev–Trinajstić information content (AvgIpc) is 2.37. The summed E-state index contributed by atoms with van der Waals surface area (Å²) in [6.07, 6.45) is -13.5. The van der Waals surface area contributed by atoms with Crippen LogP contribution in [0.4, 0.5) is 0 Å². The molecular formula is C11H16. The molecular weight excluding hydrogens is 132 g/mol. The van der Waals surface area contributed by atoms with Crippen LogP contribution in [-0.2, 0) is 6.37 Å². The van der Waals surface area contributed by atoms with Gasteiger partial charge in [-0.15, -0.1) is 0 Å². The van der Waals surface area contributed by atoms with Crippen LogP contribution in [0.2, 0.25) is 0 Å². The van der Waals surface area contributed by atoms with Crippen molar-refractivity contribution in [1.29, 1.82) is 0 Å². The summed E-state index contributed by atoms with van der Waals surface area (Å²) in [5.41, 5.74) is -0.204. The van der Waals surface area contributed by atoms with E-state index in [0.29, 0.717) is 0 Å². The van der Waals surface area contributed by atoms with Crippen molar-refractivity contribution < 1.29 is 15.1 Å². The van der Waals surface area contributed by atoms with Crippen LogP contribution in [0.15, 0.2) is 30.3 Å². The summed E-state index contributed by atoms with van der Waals surface area (Å²) in [6, 6.07) is 6.89. The number of hydrogen-bond acceptors (Lipinski definition) is 0. The number of rotatable bonds is 4. The predicted molar refractivity (Wildman–Crippen MR) is 49.7 cm³/mol. The molecule has 0 bridgehead atoms. The molecule has 0 unspecified atom stereocenters. The van der Waals surface area contributed by atoms with Crippen LogP contribution in [0.5, 0.6) is 0 Å². The summed E-state index contributed by atoms with van der Waals surface area (Å²) in [5, 5.41) is 0. The van der Waals surface area contributed by atoms with E-state index in [9.17, 15) is 0 Å². The van der Waals surface area contributed by atoms with Crippen LogP contribution in [0.25, 0.3) is 0 Å². The van der Waals surface area contributed by atoms with E-state index in [0.717, 1.165) is 0 Å². The maximum absolute atomic E-state index is 7.91. The topological polar surface area (TPSA) is 0 Å². The Bertz CT molecular complexity index is 515. The highest BCUT2D eigenvalue weighted by molar-refractivity contribution is 5.14. The minimum atomic E-state index is -3.61. The van der Waals surface area contributed by atoms with Crippen LogP contribution >= 0.6 is 0 Å². The van der Waals surface area contributed by atoms with Crippen LogP contribution in [0.1, 0.15) is 46.6 Å². The maximum atomic E-state index is 7.91. The fourth-order valence-electron chi connectivity index (χ4n) is 0.656. The van der Waals surface area contributed by atoms with Gasteiger partial charge in [-0.1, -0.05) is 49.9 Å². The van der Waals surface area contributed by atoms with E-state index in [1.54, 1.807) is 6.07 Å². The van der Waals surface area contributed by atoms with Gasteiger partial charge in [0.2, 0.25) is 0 Å². The molecule has 0 spiro atoms. The molecule has 0 saturated carbocycles. The van der Waals surface area contributed by atoms with E-state index in [4.69, 9.17) is 15.1 Å². The Morgan fingerprint density at radius 1 is 1.27 bits per heavy atom. The van der Waals surface area contributed by atoms with Crippen molar-refractivity contribution in [3.63, 3.8) is 0 Å². The van der Waals surface area contributed by atoms with Gasteiger partial charge in [0, 0.05) is 15.1 Å². The number of aryl methyl sites for hydroxylation is 1. The maximum Gasteiger partial charge on any atom is 0.0316 e. The van der Waals surface area contributed by atoms with Gasteiger partial charge in [0.15, 0.2) is 0 Å². The molecule has 11 heavy (non-hydrogen) atoms. The molecule has 60 valence electrons. The Balaban J connectivity index is 3.45. The number of benzene rings is 1. The zero-order chi connectivity index (χ0) is 17.6. The van der Waals surface area contributed by atoms with Gasteiger partial charge in [0.1, 0.15) is 0 Å². The van der Waals surface area contributed by atoms with Gasteiger partial charge in [0.05, 0.1) is 0 Å². The van der Waals surface area contributed by atoms with E-state index in [-0.39, 0.29) is 5.56 Å². The molecule has 1 rings (SSSR count). The summed E-state index contributed by atoms with van der Waals surface area (Å²) in [5.74, 6) is 0. The Kier molecular flexibility index (Phi) is 0.868. The molecule has 0 amide bonds. The number of hydrogen-bond donors (Lipinski definition) is 0. The lowest BCUT2D eigenvalue weighted by Gasteiger charge is -1.98. The van der Waals surface area contributed by atoms with Crippen molar-refractivity contribution in [3.05, 3.63) is 35.9 Å². The molecule has 0 nitrogen and oxygen atoms in total. The summed E-state index contributed by atoms with van der Waals surface area (Å²) >= 11 is 0. The van der Waals surface area contributed by atoms with Gasteiger partial charge < -0.3 is 0 Å². The molecule has 1 aromatic carbocycles. The van der Waals surface area contributed by atoms with Crippen molar-refractivity contribution in [3.8, 4) is 0 Å². The van der Waals surface area contributed by atoms with Gasteiger partial charge in [-0.3, -0.25) is 0 Å². The molecule has 0 atom stereocenters. The molecule has 0 heterocycles. The van der Waals surface area contributed by atoms with Crippen molar-refractivity contribution in [1.82, 2.24) is 0 Å². The molecule has 0 fully saturated rings. The van der Waals surface area contributed by atoms with Crippen LogP contribution in [-0.4, -0.2) is 0 Å². The fourth-order valence-corrected chi connectivity index (χ4v) is 0.656. The fraction of sp³-hybridized carbons (Fsp3) is 0.455. The van der Waals surface area contributed by atoms with Gasteiger partial charge in [-0.2, -0.15) is 0 Å². The normalized spacial score (nSPS) is 31.1. The lowest BCUT2D eigenvalue weighted by molar-refractivity contribution is 0.717. The lowest BCUT2D eigenvalue weighted by atomic mass is 10.1. The summed E-state index contributed by atoms with van der Waals surface area (Å²) in [6.45, 7) is -3.45. The van der Waals surface area contributed by atoms with E-state index in [1.165, 1.54) is 24.3 Å². The third-order valence-corrected chi connectivity index (χ3v) is 1.11. The average molecular weight is 159 g/mol. The third-order valence-electron chi connectivity index (χ3n) is 1.11. The van der Waals surface area contributed by atoms with Gasteiger partial charge >= 0.3 is 0 Å². The molecule has 0 saturated heterocycles. The highest BCUT2D eigenvalue weighted by Gasteiger charge is 1.89. The molecule has 0 heteroatoms. The second kappa shape index (κ2) is 4.95. The van der Waals surface area contributed by atoms with Crippen LogP contribution < -0.4 is 0 Å². The monoisotopic (exact) mass is 159 g/mol.